The molecule has 0 amide bonds. The van der Waals surface area contributed by atoms with E-state index in [9.17, 15) is 14.3 Å². The third-order valence-corrected chi connectivity index (χ3v) is 7.09. The van der Waals surface area contributed by atoms with Crippen molar-refractivity contribution in [3.63, 3.8) is 0 Å². The lowest BCUT2D eigenvalue weighted by Crippen LogP contribution is -2.37. The molecule has 0 saturated heterocycles. The van der Waals surface area contributed by atoms with Crippen molar-refractivity contribution >= 4 is 13.8 Å². The van der Waals surface area contributed by atoms with Crippen molar-refractivity contribution in [3.8, 4) is 0 Å². The number of likely N-dealkylation sites (N-methyl/N-ethyl adjacent to an activating group) is 1. The molecule has 0 radical (unpaired) electrons. The predicted octanol–water partition coefficient (Wildman–Crippen LogP) is 6.57. The van der Waals surface area contributed by atoms with Crippen molar-refractivity contribution in [2.24, 2.45) is 0 Å². The van der Waals surface area contributed by atoms with Crippen molar-refractivity contribution in [1.29, 1.82) is 0 Å². The van der Waals surface area contributed by atoms with Gasteiger partial charge in [-0.25, -0.2) is 0 Å². The summed E-state index contributed by atoms with van der Waals surface area (Å²) >= 11 is 0. The molecule has 0 fully saturated rings. The van der Waals surface area contributed by atoms with Gasteiger partial charge in [0, 0.05) is 13.0 Å². The summed E-state index contributed by atoms with van der Waals surface area (Å²) in [4.78, 5) is 23.7. The van der Waals surface area contributed by atoms with E-state index in [1.165, 1.54) is 77.0 Å². The van der Waals surface area contributed by atoms with Crippen molar-refractivity contribution in [2.75, 3.05) is 54.1 Å². The highest BCUT2D eigenvalue weighted by atomic mass is 31.2. The van der Waals surface area contributed by atoms with E-state index in [0.29, 0.717) is 17.6 Å². The number of nitrogens with zero attached hydrogens (tertiary/aromatic N) is 1. The lowest BCUT2D eigenvalue weighted by atomic mass is 10.1. The number of hydrogen-bond donors (Lipinski definition) is 0. The molecular formula is C29H58NO7P. The van der Waals surface area contributed by atoms with Crippen LogP contribution in [0.5, 0.6) is 0 Å². The van der Waals surface area contributed by atoms with Crippen LogP contribution in [0.1, 0.15) is 110 Å². The summed E-state index contributed by atoms with van der Waals surface area (Å²) in [5.74, 6) is -0.425. The molecule has 0 aliphatic heterocycles. The molecule has 8 nitrogen and oxygen atoms in total. The maximum absolute atomic E-state index is 12.0. The second kappa shape index (κ2) is 24.1. The summed E-state index contributed by atoms with van der Waals surface area (Å²) in [5, 5.41) is 0. The van der Waals surface area contributed by atoms with Crippen LogP contribution >= 0.6 is 7.82 Å². The van der Waals surface area contributed by atoms with Gasteiger partial charge in [-0.1, -0.05) is 83.8 Å². The number of hydrogen-bond acceptors (Lipinski definition) is 7. The molecule has 0 heterocycles. The quantitative estimate of drug-likeness (QED) is 0.0367. The molecule has 226 valence electrons. The standard InChI is InChI=1S/C29H58NO7P/c1-6-8-9-10-11-12-13-14-15-16-17-18-19-20-21-22-24-34-26-28(37-29(31)7-2)27-36-38(32,33)35-25-23-30(3,4)5/h14-15,28H,6-13,16-27H2,1-5H3/b15-14-. The van der Waals surface area contributed by atoms with Crippen LogP contribution in [0.4, 0.5) is 0 Å². The maximum atomic E-state index is 12.0. The Balaban J connectivity index is 3.87. The Morgan fingerprint density at radius 2 is 1.34 bits per heavy atom. The van der Waals surface area contributed by atoms with Gasteiger partial charge in [-0.2, -0.15) is 0 Å². The molecule has 38 heavy (non-hydrogen) atoms. The second-order valence-electron chi connectivity index (χ2n) is 11.1. The first kappa shape index (κ1) is 37.2. The van der Waals surface area contributed by atoms with Crippen LogP contribution in [0.3, 0.4) is 0 Å². The Kier molecular flexibility index (Phi) is 23.6. The molecule has 0 aromatic rings. The number of carbonyl (C=O) groups excluding carboxylic acids is 1. The van der Waals surface area contributed by atoms with Gasteiger partial charge in [-0.05, 0) is 32.1 Å². The van der Waals surface area contributed by atoms with Crippen LogP contribution in [0.2, 0.25) is 0 Å². The highest BCUT2D eigenvalue weighted by Crippen LogP contribution is 2.38. The van der Waals surface area contributed by atoms with E-state index < -0.39 is 19.9 Å². The zero-order valence-corrected chi connectivity index (χ0v) is 26.0. The number of quaternary nitrogens is 1. The van der Waals surface area contributed by atoms with Gasteiger partial charge in [0.2, 0.25) is 0 Å². The molecule has 0 saturated carbocycles. The number of phosphoric acid groups is 1. The van der Waals surface area contributed by atoms with Gasteiger partial charge in [0.25, 0.3) is 7.82 Å². The number of rotatable bonds is 27. The van der Waals surface area contributed by atoms with Crippen LogP contribution in [-0.4, -0.2) is 70.7 Å². The van der Waals surface area contributed by atoms with Gasteiger partial charge in [-0.15, -0.1) is 0 Å². The molecule has 0 spiro atoms. The summed E-state index contributed by atoms with van der Waals surface area (Å²) < 4.78 is 33.4. The third kappa shape index (κ3) is 26.8. The normalized spacial score (nSPS) is 14.6. The number of ether oxygens (including phenoxy) is 2. The molecule has 9 heteroatoms. The van der Waals surface area contributed by atoms with Crippen molar-refractivity contribution in [2.45, 2.75) is 116 Å². The van der Waals surface area contributed by atoms with E-state index in [-0.39, 0.29) is 26.2 Å². The fourth-order valence-corrected chi connectivity index (χ4v) is 4.42. The first-order chi connectivity index (χ1) is 18.1. The Labute approximate surface area is 233 Å². The predicted molar refractivity (Wildman–Crippen MR) is 153 cm³/mol. The number of esters is 1. The maximum Gasteiger partial charge on any atom is 0.305 e. The topological polar surface area (TPSA) is 94.1 Å². The Bertz CT molecular complexity index is 637. The molecule has 0 rings (SSSR count). The lowest BCUT2D eigenvalue weighted by molar-refractivity contribution is -0.870. The fourth-order valence-electron chi connectivity index (χ4n) is 3.69. The zero-order valence-electron chi connectivity index (χ0n) is 25.1. The van der Waals surface area contributed by atoms with Gasteiger partial charge in [0.15, 0.2) is 0 Å². The van der Waals surface area contributed by atoms with Gasteiger partial charge in [0.05, 0.1) is 34.4 Å². The molecule has 0 aliphatic carbocycles. The van der Waals surface area contributed by atoms with Gasteiger partial charge in [0.1, 0.15) is 19.3 Å². The van der Waals surface area contributed by atoms with Crippen molar-refractivity contribution < 1.29 is 37.3 Å². The molecular weight excluding hydrogens is 505 g/mol. The number of unbranched alkanes of at least 4 members (excludes halogenated alkanes) is 12. The van der Waals surface area contributed by atoms with Gasteiger partial charge >= 0.3 is 5.97 Å². The van der Waals surface area contributed by atoms with E-state index in [1.54, 1.807) is 6.92 Å². The summed E-state index contributed by atoms with van der Waals surface area (Å²) in [7, 11) is 1.34. The van der Waals surface area contributed by atoms with Crippen molar-refractivity contribution in [3.05, 3.63) is 12.2 Å². The zero-order chi connectivity index (χ0) is 28.5. The number of phosphoric ester groups is 1. The highest BCUT2D eigenvalue weighted by Gasteiger charge is 2.19. The number of carbonyl (C=O) groups is 1. The second-order valence-corrected chi connectivity index (χ2v) is 12.5. The van der Waals surface area contributed by atoms with E-state index in [1.807, 2.05) is 21.1 Å². The van der Waals surface area contributed by atoms with Crippen molar-refractivity contribution in [1.82, 2.24) is 0 Å². The Morgan fingerprint density at radius 1 is 0.789 bits per heavy atom. The van der Waals surface area contributed by atoms with Gasteiger partial charge < -0.3 is 27.9 Å². The minimum absolute atomic E-state index is 0.0240. The smallest absolute Gasteiger partial charge is 0.305 e. The average Bonchev–Trinajstić information content (AvgIpc) is 2.85. The first-order valence-corrected chi connectivity index (χ1v) is 16.4. The summed E-state index contributed by atoms with van der Waals surface area (Å²) in [6.07, 6.45) is 21.5. The van der Waals surface area contributed by atoms with Crippen LogP contribution in [0.25, 0.3) is 0 Å². The van der Waals surface area contributed by atoms with E-state index in [0.717, 1.165) is 12.8 Å². The largest absolute Gasteiger partial charge is 0.756 e. The SMILES string of the molecule is CCCCCCCC/C=C\CCCCCCCCOCC(COP(=O)([O-])OCC[N+](C)(C)C)OC(=O)CC. The molecule has 0 bridgehead atoms. The van der Waals surface area contributed by atoms with E-state index in [2.05, 4.69) is 19.1 Å². The minimum atomic E-state index is -4.47. The molecule has 0 aromatic heterocycles. The molecule has 2 atom stereocenters. The molecule has 0 N–H and O–H groups in total. The third-order valence-electron chi connectivity index (χ3n) is 6.12. The van der Waals surface area contributed by atoms with E-state index >= 15 is 0 Å². The highest BCUT2D eigenvalue weighted by molar-refractivity contribution is 7.45. The Morgan fingerprint density at radius 3 is 1.89 bits per heavy atom. The summed E-state index contributed by atoms with van der Waals surface area (Å²) in [6.45, 7) is 4.79. The average molecular weight is 564 g/mol. The molecule has 0 aromatic carbocycles. The van der Waals surface area contributed by atoms with Gasteiger partial charge in [-0.3, -0.25) is 9.36 Å². The molecule has 0 aliphatic rings. The monoisotopic (exact) mass is 563 g/mol. The van der Waals surface area contributed by atoms with Crippen LogP contribution in [0.15, 0.2) is 12.2 Å². The van der Waals surface area contributed by atoms with Crippen LogP contribution < -0.4 is 4.89 Å². The summed E-state index contributed by atoms with van der Waals surface area (Å²) in [5.41, 5.74) is 0. The Hall–Kier alpha value is -0.760. The lowest BCUT2D eigenvalue weighted by Gasteiger charge is -2.28. The van der Waals surface area contributed by atoms with Crippen LogP contribution in [-0.2, 0) is 27.9 Å². The van der Waals surface area contributed by atoms with Crippen LogP contribution in [0, 0.1) is 0 Å². The van der Waals surface area contributed by atoms with E-state index in [4.69, 9.17) is 18.5 Å². The molecule has 2 unspecified atom stereocenters. The minimum Gasteiger partial charge on any atom is -0.756 e. The summed E-state index contributed by atoms with van der Waals surface area (Å²) in [6, 6.07) is 0. The fraction of sp³-hybridized carbons (Fsp3) is 0.897. The number of allylic oxidation sites excluding steroid dienone is 2. The first-order valence-electron chi connectivity index (χ1n) is 14.9.